The lowest BCUT2D eigenvalue weighted by atomic mass is 9.85. The molecule has 8 heteroatoms. The first-order chi connectivity index (χ1) is 16.4. The van der Waals surface area contributed by atoms with E-state index in [0.29, 0.717) is 36.1 Å². The number of ether oxygens (including phenoxy) is 3. The number of rotatable bonds is 8. The fourth-order valence-electron chi connectivity index (χ4n) is 4.94. The molecule has 1 unspecified atom stereocenters. The highest BCUT2D eigenvalue weighted by Gasteiger charge is 2.45. The zero-order chi connectivity index (χ0) is 26.1. The highest BCUT2D eigenvalue weighted by molar-refractivity contribution is 5.98. The minimum Gasteiger partial charge on any atom is -0.507 e. The van der Waals surface area contributed by atoms with Crippen molar-refractivity contribution >= 4 is 18.0 Å². The normalized spacial score (nSPS) is 18.9. The van der Waals surface area contributed by atoms with Crippen molar-refractivity contribution in [2.75, 3.05) is 13.7 Å². The fraction of sp³-hybridized carbons (Fsp3) is 0.593. The van der Waals surface area contributed by atoms with Gasteiger partial charge in [-0.25, -0.2) is 14.5 Å². The number of phenols is 1. The van der Waals surface area contributed by atoms with E-state index in [1.165, 1.54) is 12.0 Å². The number of carbonyl (C=O) groups excluding carboxylic acids is 3. The second-order valence-electron chi connectivity index (χ2n) is 10.5. The van der Waals surface area contributed by atoms with Crippen molar-refractivity contribution in [3.05, 3.63) is 33.9 Å². The quantitative estimate of drug-likeness (QED) is 0.403. The molecule has 1 fully saturated rings. The molecule has 2 heterocycles. The van der Waals surface area contributed by atoms with E-state index in [1.807, 2.05) is 47.6 Å². The van der Waals surface area contributed by atoms with Gasteiger partial charge in [0.25, 0.3) is 0 Å². The maximum atomic E-state index is 13.5. The summed E-state index contributed by atoms with van der Waals surface area (Å²) in [4.78, 5) is 39.3. The van der Waals surface area contributed by atoms with Gasteiger partial charge < -0.3 is 19.3 Å². The topological polar surface area (TPSA) is 102 Å². The lowest BCUT2D eigenvalue weighted by Crippen LogP contribution is -2.48. The zero-order valence-corrected chi connectivity index (χ0v) is 21.8. The lowest BCUT2D eigenvalue weighted by Gasteiger charge is -2.33. The van der Waals surface area contributed by atoms with Gasteiger partial charge in [-0.05, 0) is 44.1 Å². The number of hydrogen-bond acceptors (Lipinski definition) is 7. The number of nitrogens with zero attached hydrogens (tertiary/aromatic N) is 1. The van der Waals surface area contributed by atoms with Crippen LogP contribution in [0.5, 0.6) is 11.5 Å². The molecule has 1 N–H and O–H groups in total. The van der Waals surface area contributed by atoms with Crippen molar-refractivity contribution in [1.29, 1.82) is 0 Å². The van der Waals surface area contributed by atoms with Crippen LogP contribution in [0.3, 0.4) is 0 Å². The van der Waals surface area contributed by atoms with Crippen LogP contribution < -0.4 is 4.74 Å². The molecule has 2 atom stereocenters. The van der Waals surface area contributed by atoms with Gasteiger partial charge in [-0.3, -0.25) is 4.79 Å². The van der Waals surface area contributed by atoms with E-state index < -0.39 is 12.1 Å². The molecule has 1 aromatic carbocycles. The third kappa shape index (κ3) is 5.16. The summed E-state index contributed by atoms with van der Waals surface area (Å²) in [6.45, 7) is 12.1. The van der Waals surface area contributed by atoms with Crippen molar-refractivity contribution in [2.24, 2.45) is 11.3 Å². The number of carbonyl (C=O) groups is 3. The van der Waals surface area contributed by atoms with Gasteiger partial charge >= 0.3 is 12.1 Å². The first-order valence-electron chi connectivity index (χ1n) is 12.2. The smallest absolute Gasteiger partial charge is 0.417 e. The Morgan fingerprint density at radius 2 is 1.97 bits per heavy atom. The first kappa shape index (κ1) is 26.6. The monoisotopic (exact) mass is 487 g/mol. The van der Waals surface area contributed by atoms with E-state index in [4.69, 9.17) is 14.2 Å². The number of benzene rings is 1. The maximum Gasteiger partial charge on any atom is 0.417 e. The molecule has 0 saturated carbocycles. The minimum absolute atomic E-state index is 0.119. The molecule has 8 nitrogen and oxygen atoms in total. The summed E-state index contributed by atoms with van der Waals surface area (Å²) in [5.74, 6) is -0.706. The third-order valence-electron chi connectivity index (χ3n) is 6.97. The Balaban J connectivity index is 1.84. The van der Waals surface area contributed by atoms with Crippen LogP contribution in [0.4, 0.5) is 4.79 Å². The van der Waals surface area contributed by atoms with Gasteiger partial charge in [-0.2, -0.15) is 0 Å². The minimum atomic E-state index is -0.576. The first-order valence-corrected chi connectivity index (χ1v) is 12.2. The molecule has 2 amide bonds. The summed E-state index contributed by atoms with van der Waals surface area (Å²) in [5, 5.41) is 10.8. The van der Waals surface area contributed by atoms with Crippen molar-refractivity contribution in [2.45, 2.75) is 79.9 Å². The summed E-state index contributed by atoms with van der Waals surface area (Å²) in [5.41, 5.74) is 2.78. The van der Waals surface area contributed by atoms with Gasteiger partial charge in [0.15, 0.2) is 0 Å². The summed E-state index contributed by atoms with van der Waals surface area (Å²) in [6, 6.07) is -0.304. The molecule has 35 heavy (non-hydrogen) atoms. The molecule has 1 saturated heterocycles. The summed E-state index contributed by atoms with van der Waals surface area (Å²) < 4.78 is 15.9. The van der Waals surface area contributed by atoms with Crippen LogP contribution in [0.15, 0.2) is 11.6 Å². The van der Waals surface area contributed by atoms with Gasteiger partial charge in [0.05, 0.1) is 13.2 Å². The summed E-state index contributed by atoms with van der Waals surface area (Å²) in [6.07, 6.45) is 3.60. The number of amides is 2. The number of fused-ring (bicyclic) bond motifs is 1. The largest absolute Gasteiger partial charge is 0.507 e. The van der Waals surface area contributed by atoms with Crippen molar-refractivity contribution in [3.63, 3.8) is 0 Å². The van der Waals surface area contributed by atoms with Gasteiger partial charge in [-0.1, -0.05) is 45.8 Å². The molecule has 0 radical (unpaired) electrons. The number of cyclic esters (lactones) is 2. The number of methoxy groups -OCH3 is 1. The molecule has 192 valence electrons. The molecule has 2 aliphatic heterocycles. The Kier molecular flexibility index (Phi) is 7.82. The van der Waals surface area contributed by atoms with E-state index in [-0.39, 0.29) is 47.8 Å². The van der Waals surface area contributed by atoms with Gasteiger partial charge in [-0.15, -0.1) is 0 Å². The van der Waals surface area contributed by atoms with Crippen molar-refractivity contribution < 1.29 is 33.7 Å². The number of allylic oxidation sites excluding steroid dienone is 2. The Morgan fingerprint density at radius 1 is 1.29 bits per heavy atom. The Bertz CT molecular complexity index is 1050. The molecule has 0 bridgehead atoms. The van der Waals surface area contributed by atoms with Crippen LogP contribution in [0.25, 0.3) is 0 Å². The molecule has 3 rings (SSSR count). The Hall–Kier alpha value is -3.03. The van der Waals surface area contributed by atoms with E-state index in [0.717, 1.165) is 17.6 Å². The van der Waals surface area contributed by atoms with Crippen LogP contribution >= 0.6 is 0 Å². The highest BCUT2D eigenvalue weighted by atomic mass is 16.6. The molecular formula is C27H37NO7. The molecule has 0 aliphatic carbocycles. The van der Waals surface area contributed by atoms with E-state index in [1.54, 1.807) is 0 Å². The number of esters is 1. The van der Waals surface area contributed by atoms with Crippen LogP contribution in [0, 0.1) is 18.3 Å². The number of hydrogen-bond donors (Lipinski definition) is 1. The average Bonchev–Trinajstić information content (AvgIpc) is 3.37. The number of imide groups is 1. The lowest BCUT2D eigenvalue weighted by molar-refractivity contribution is -0.135. The second-order valence-corrected chi connectivity index (χ2v) is 10.5. The summed E-state index contributed by atoms with van der Waals surface area (Å²) >= 11 is 0. The molecule has 2 aliphatic rings. The standard InChI is InChI=1S/C27H37NO7/c1-8-9-17(24(30)28-20(27(4,5)6)14-35-26(28)32)12-15(2)10-11-18-22(29)21-19(13-34-25(21)31)16(3)23(18)33-7/h10,17,20,29H,8-9,11-14H2,1-7H3/t17?,20-/m1/s1. The maximum absolute atomic E-state index is 13.5. The van der Waals surface area contributed by atoms with Crippen LogP contribution in [0.1, 0.15) is 80.9 Å². The Morgan fingerprint density at radius 3 is 2.57 bits per heavy atom. The summed E-state index contributed by atoms with van der Waals surface area (Å²) in [7, 11) is 1.53. The SMILES string of the molecule is CCCC(CC(C)=CCc1c(O)c2c(c(C)c1OC)COC2=O)C(=O)N1C(=O)OC[C@@H]1C(C)(C)C. The average molecular weight is 488 g/mol. The second kappa shape index (κ2) is 10.3. The molecule has 0 aromatic heterocycles. The van der Waals surface area contributed by atoms with Gasteiger partial charge in [0.2, 0.25) is 5.91 Å². The van der Waals surface area contributed by atoms with E-state index in [2.05, 4.69) is 0 Å². The third-order valence-corrected chi connectivity index (χ3v) is 6.97. The fourth-order valence-corrected chi connectivity index (χ4v) is 4.94. The van der Waals surface area contributed by atoms with Gasteiger partial charge in [0, 0.05) is 17.0 Å². The van der Waals surface area contributed by atoms with Crippen LogP contribution in [0.2, 0.25) is 0 Å². The van der Waals surface area contributed by atoms with Crippen LogP contribution in [-0.2, 0) is 27.3 Å². The predicted octanol–water partition coefficient (Wildman–Crippen LogP) is 5.07. The van der Waals surface area contributed by atoms with Crippen molar-refractivity contribution in [3.8, 4) is 11.5 Å². The number of phenolic OH excluding ortho intramolecular Hbond substituents is 1. The zero-order valence-electron chi connectivity index (χ0n) is 21.8. The van der Waals surface area contributed by atoms with E-state index in [9.17, 15) is 19.5 Å². The molecular weight excluding hydrogens is 450 g/mol. The van der Waals surface area contributed by atoms with Crippen LogP contribution in [-0.4, -0.2) is 47.7 Å². The van der Waals surface area contributed by atoms with Crippen molar-refractivity contribution in [1.82, 2.24) is 4.90 Å². The predicted molar refractivity (Wildman–Crippen MR) is 130 cm³/mol. The Labute approximate surface area is 207 Å². The van der Waals surface area contributed by atoms with E-state index >= 15 is 0 Å². The molecule has 0 spiro atoms. The number of aromatic hydroxyl groups is 1. The van der Waals surface area contributed by atoms with Gasteiger partial charge in [0.1, 0.15) is 30.3 Å². The highest BCUT2D eigenvalue weighted by Crippen LogP contribution is 2.42. The molecule has 1 aromatic rings.